The number of hydrogen-bond acceptors (Lipinski definition) is 3. The molecule has 2 aromatic rings. The first kappa shape index (κ1) is 15.4. The van der Waals surface area contributed by atoms with Crippen LogP contribution in [-0.4, -0.2) is 19.6 Å². The van der Waals surface area contributed by atoms with Crippen molar-refractivity contribution in [3.05, 3.63) is 53.0 Å². The Morgan fingerprint density at radius 3 is 2.76 bits per heavy atom. The predicted octanol–water partition coefficient (Wildman–Crippen LogP) is 3.87. The van der Waals surface area contributed by atoms with E-state index in [1.165, 1.54) is 0 Å². The van der Waals surface area contributed by atoms with Crippen molar-refractivity contribution < 1.29 is 14.3 Å². The first-order valence-electron chi connectivity index (χ1n) is 6.50. The summed E-state index contributed by atoms with van der Waals surface area (Å²) < 4.78 is 11.7. The van der Waals surface area contributed by atoms with E-state index in [0.717, 1.165) is 10.2 Å². The number of ether oxygens (including phenoxy) is 2. The van der Waals surface area contributed by atoms with Crippen molar-refractivity contribution in [3.63, 3.8) is 0 Å². The number of halogens is 1. The minimum atomic E-state index is -0.116. The van der Waals surface area contributed by atoms with Crippen LogP contribution in [0.1, 0.15) is 6.42 Å². The highest BCUT2D eigenvalue weighted by Gasteiger charge is 2.07. The lowest BCUT2D eigenvalue weighted by Crippen LogP contribution is -2.15. The molecule has 0 unspecified atom stereocenters. The molecule has 0 aliphatic rings. The van der Waals surface area contributed by atoms with Gasteiger partial charge in [0.15, 0.2) is 0 Å². The summed E-state index contributed by atoms with van der Waals surface area (Å²) >= 11 is 3.37. The van der Waals surface area contributed by atoms with Crippen molar-refractivity contribution in [1.82, 2.24) is 0 Å². The van der Waals surface area contributed by atoms with Crippen molar-refractivity contribution in [3.8, 4) is 11.5 Å². The minimum Gasteiger partial charge on any atom is -0.495 e. The zero-order chi connectivity index (χ0) is 15.1. The molecule has 0 spiro atoms. The topological polar surface area (TPSA) is 47.6 Å². The van der Waals surface area contributed by atoms with Gasteiger partial charge in [-0.05, 0) is 30.3 Å². The SMILES string of the molecule is COc1ccccc1NC(=O)CCOc1cccc(Br)c1. The van der Waals surface area contributed by atoms with Gasteiger partial charge >= 0.3 is 0 Å². The summed E-state index contributed by atoms with van der Waals surface area (Å²) in [6.45, 7) is 0.317. The van der Waals surface area contributed by atoms with Gasteiger partial charge in [-0.3, -0.25) is 4.79 Å². The van der Waals surface area contributed by atoms with E-state index in [0.29, 0.717) is 18.0 Å². The van der Waals surface area contributed by atoms with E-state index in [-0.39, 0.29) is 12.3 Å². The average Bonchev–Trinajstić information content (AvgIpc) is 2.48. The molecule has 0 aliphatic heterocycles. The van der Waals surface area contributed by atoms with Gasteiger partial charge in [0.05, 0.1) is 25.8 Å². The molecule has 5 heteroatoms. The molecule has 0 heterocycles. The van der Waals surface area contributed by atoms with Crippen molar-refractivity contribution in [2.75, 3.05) is 19.0 Å². The first-order valence-corrected chi connectivity index (χ1v) is 7.29. The van der Waals surface area contributed by atoms with Crippen LogP contribution in [0.3, 0.4) is 0 Å². The van der Waals surface area contributed by atoms with Crippen LogP contribution in [0.5, 0.6) is 11.5 Å². The Kier molecular flexibility index (Phi) is 5.63. The van der Waals surface area contributed by atoms with Gasteiger partial charge in [0.2, 0.25) is 5.91 Å². The molecule has 110 valence electrons. The lowest BCUT2D eigenvalue weighted by atomic mass is 10.3. The molecular weight excluding hydrogens is 334 g/mol. The highest BCUT2D eigenvalue weighted by Crippen LogP contribution is 2.23. The third-order valence-corrected chi connectivity index (χ3v) is 3.27. The molecule has 0 aliphatic carbocycles. The maximum absolute atomic E-state index is 11.9. The van der Waals surface area contributed by atoms with E-state index < -0.39 is 0 Å². The molecule has 0 aromatic heterocycles. The molecule has 21 heavy (non-hydrogen) atoms. The van der Waals surface area contributed by atoms with E-state index in [2.05, 4.69) is 21.2 Å². The van der Waals surface area contributed by atoms with Crippen molar-refractivity contribution >= 4 is 27.5 Å². The average molecular weight is 350 g/mol. The predicted molar refractivity (Wildman–Crippen MR) is 85.9 cm³/mol. The Labute approximate surface area is 132 Å². The Bertz CT molecular complexity index is 616. The molecule has 0 fully saturated rings. The van der Waals surface area contributed by atoms with Gasteiger partial charge in [-0.2, -0.15) is 0 Å². The lowest BCUT2D eigenvalue weighted by Gasteiger charge is -2.10. The fraction of sp³-hybridized carbons (Fsp3) is 0.188. The van der Waals surface area contributed by atoms with Gasteiger partial charge < -0.3 is 14.8 Å². The molecule has 4 nitrogen and oxygen atoms in total. The van der Waals surface area contributed by atoms with E-state index >= 15 is 0 Å². The van der Waals surface area contributed by atoms with Gasteiger partial charge in [0.25, 0.3) is 0 Å². The number of carbonyl (C=O) groups excluding carboxylic acids is 1. The van der Waals surface area contributed by atoms with Crippen LogP contribution in [0.4, 0.5) is 5.69 Å². The normalized spacial score (nSPS) is 10.0. The van der Waals surface area contributed by atoms with Gasteiger partial charge in [-0.15, -0.1) is 0 Å². The van der Waals surface area contributed by atoms with Crippen LogP contribution in [-0.2, 0) is 4.79 Å². The third kappa shape index (κ3) is 4.79. The maximum Gasteiger partial charge on any atom is 0.227 e. The standard InChI is InChI=1S/C16H16BrNO3/c1-20-15-8-3-2-7-14(15)18-16(19)9-10-21-13-6-4-5-12(17)11-13/h2-8,11H,9-10H2,1H3,(H,18,19). The van der Waals surface area contributed by atoms with Crippen molar-refractivity contribution in [2.45, 2.75) is 6.42 Å². The molecule has 0 radical (unpaired) electrons. The summed E-state index contributed by atoms with van der Waals surface area (Å²) in [5.74, 6) is 1.25. The van der Waals surface area contributed by atoms with Gasteiger partial charge in [0.1, 0.15) is 11.5 Å². The van der Waals surface area contributed by atoms with Gasteiger partial charge in [0, 0.05) is 4.47 Å². The molecular formula is C16H16BrNO3. The molecule has 0 saturated carbocycles. The number of nitrogens with one attached hydrogen (secondary N) is 1. The summed E-state index contributed by atoms with van der Waals surface area (Å²) in [7, 11) is 1.57. The van der Waals surface area contributed by atoms with Crippen LogP contribution in [0, 0.1) is 0 Å². The first-order chi connectivity index (χ1) is 10.2. The fourth-order valence-electron chi connectivity index (χ4n) is 1.78. The van der Waals surface area contributed by atoms with Gasteiger partial charge in [-0.1, -0.05) is 34.1 Å². The number of para-hydroxylation sites is 2. The summed E-state index contributed by atoms with van der Waals surface area (Å²) in [4.78, 5) is 11.9. The number of amides is 1. The Morgan fingerprint density at radius 1 is 1.19 bits per heavy atom. The summed E-state index contributed by atoms with van der Waals surface area (Å²) in [6, 6.07) is 14.8. The second-order valence-corrected chi connectivity index (χ2v) is 5.22. The number of benzene rings is 2. The van der Waals surface area contributed by atoms with Crippen LogP contribution >= 0.6 is 15.9 Å². The number of rotatable bonds is 6. The molecule has 0 bridgehead atoms. The van der Waals surface area contributed by atoms with Gasteiger partial charge in [-0.25, -0.2) is 0 Å². The summed E-state index contributed by atoms with van der Waals surface area (Å²) in [5.41, 5.74) is 0.660. The van der Waals surface area contributed by atoms with E-state index in [9.17, 15) is 4.79 Å². The maximum atomic E-state index is 11.9. The number of anilines is 1. The number of hydrogen-bond donors (Lipinski definition) is 1. The lowest BCUT2D eigenvalue weighted by molar-refractivity contribution is -0.116. The quantitative estimate of drug-likeness (QED) is 0.861. The number of methoxy groups -OCH3 is 1. The molecule has 2 rings (SSSR count). The Hall–Kier alpha value is -2.01. The van der Waals surface area contributed by atoms with Crippen LogP contribution in [0.2, 0.25) is 0 Å². The van der Waals surface area contributed by atoms with Crippen LogP contribution < -0.4 is 14.8 Å². The fourth-order valence-corrected chi connectivity index (χ4v) is 2.16. The summed E-state index contributed by atoms with van der Waals surface area (Å²) in [5, 5.41) is 2.81. The van der Waals surface area contributed by atoms with E-state index in [1.807, 2.05) is 36.4 Å². The minimum absolute atomic E-state index is 0.116. The van der Waals surface area contributed by atoms with Crippen LogP contribution in [0.15, 0.2) is 53.0 Å². The van der Waals surface area contributed by atoms with E-state index in [1.54, 1.807) is 19.2 Å². The zero-order valence-electron chi connectivity index (χ0n) is 11.6. The highest BCUT2D eigenvalue weighted by atomic mass is 79.9. The largest absolute Gasteiger partial charge is 0.495 e. The molecule has 1 N–H and O–H groups in total. The molecule has 0 atom stereocenters. The van der Waals surface area contributed by atoms with Crippen molar-refractivity contribution in [2.24, 2.45) is 0 Å². The second kappa shape index (κ2) is 7.69. The number of carbonyl (C=O) groups is 1. The monoisotopic (exact) mass is 349 g/mol. The second-order valence-electron chi connectivity index (χ2n) is 4.30. The molecule has 2 aromatic carbocycles. The Balaban J connectivity index is 1.82. The molecule has 1 amide bonds. The van der Waals surface area contributed by atoms with E-state index in [4.69, 9.17) is 9.47 Å². The van der Waals surface area contributed by atoms with Crippen molar-refractivity contribution in [1.29, 1.82) is 0 Å². The third-order valence-electron chi connectivity index (χ3n) is 2.77. The van der Waals surface area contributed by atoms with Crippen LogP contribution in [0.25, 0.3) is 0 Å². The Morgan fingerprint density at radius 2 is 2.00 bits per heavy atom. The smallest absolute Gasteiger partial charge is 0.227 e. The summed E-state index contributed by atoms with van der Waals surface area (Å²) in [6.07, 6.45) is 0.268. The molecule has 0 saturated heterocycles. The highest BCUT2D eigenvalue weighted by molar-refractivity contribution is 9.10. The zero-order valence-corrected chi connectivity index (χ0v) is 13.2.